The molecule has 1 aromatic heterocycles. The number of halogens is 1. The minimum atomic E-state index is -0.700. The second kappa shape index (κ2) is 12.3. The molecule has 210 valence electrons. The number of fused-ring (bicyclic) bond motifs is 1. The zero-order chi connectivity index (χ0) is 28.9. The van der Waals surface area contributed by atoms with Crippen molar-refractivity contribution in [3.8, 4) is 11.5 Å². The molecule has 0 spiro atoms. The molecule has 0 aliphatic carbocycles. The van der Waals surface area contributed by atoms with Gasteiger partial charge in [-0.15, -0.1) is 0 Å². The molecule has 3 aromatic carbocycles. The molecule has 0 bridgehead atoms. The van der Waals surface area contributed by atoms with Crippen LogP contribution in [0.5, 0.6) is 11.5 Å². The van der Waals surface area contributed by atoms with Crippen molar-refractivity contribution >= 4 is 23.4 Å². The first-order valence-electron chi connectivity index (χ1n) is 13.3. The lowest BCUT2D eigenvalue weighted by Crippen LogP contribution is -2.39. The van der Waals surface area contributed by atoms with Crippen LogP contribution in [0.2, 0.25) is 0 Å². The Hall–Kier alpha value is -4.50. The van der Waals surface area contributed by atoms with Crippen molar-refractivity contribution in [1.29, 1.82) is 0 Å². The Morgan fingerprint density at radius 3 is 2.46 bits per heavy atom. The molecule has 1 atom stereocenters. The van der Waals surface area contributed by atoms with Gasteiger partial charge in [-0.05, 0) is 79.9 Å². The highest BCUT2D eigenvalue weighted by Gasteiger charge is 2.33. The summed E-state index contributed by atoms with van der Waals surface area (Å²) in [6.07, 6.45) is 1.78. The summed E-state index contributed by atoms with van der Waals surface area (Å²) < 4.78 is 32.1. The molecule has 41 heavy (non-hydrogen) atoms. The van der Waals surface area contributed by atoms with Gasteiger partial charge in [-0.2, -0.15) is 0 Å². The van der Waals surface area contributed by atoms with E-state index in [-0.39, 0.29) is 24.6 Å². The predicted octanol–water partition coefficient (Wildman–Crippen LogP) is 4.92. The van der Waals surface area contributed by atoms with E-state index in [2.05, 4.69) is 4.99 Å². The average molecular weight is 573 g/mol. The second-order valence-electron chi connectivity index (χ2n) is 9.29. The van der Waals surface area contributed by atoms with Crippen molar-refractivity contribution in [3.05, 3.63) is 126 Å². The fourth-order valence-electron chi connectivity index (χ4n) is 4.61. The average Bonchev–Trinajstić information content (AvgIpc) is 3.27. The molecular weight excluding hydrogens is 543 g/mol. The third-order valence-corrected chi connectivity index (χ3v) is 7.48. The van der Waals surface area contributed by atoms with Gasteiger partial charge >= 0.3 is 5.97 Å². The number of thiazole rings is 1. The quantitative estimate of drug-likeness (QED) is 0.266. The molecule has 1 aliphatic rings. The molecule has 0 saturated heterocycles. The number of esters is 1. The minimum Gasteiger partial charge on any atom is -0.494 e. The summed E-state index contributed by atoms with van der Waals surface area (Å²) in [7, 11) is 0. The van der Waals surface area contributed by atoms with E-state index in [4.69, 9.17) is 14.2 Å². The lowest BCUT2D eigenvalue weighted by Gasteiger charge is -2.24. The second-order valence-corrected chi connectivity index (χ2v) is 10.3. The molecule has 5 rings (SSSR count). The van der Waals surface area contributed by atoms with E-state index in [1.54, 1.807) is 36.6 Å². The van der Waals surface area contributed by atoms with Gasteiger partial charge in [0.2, 0.25) is 0 Å². The Bertz CT molecular complexity index is 1770. The van der Waals surface area contributed by atoms with Crippen LogP contribution in [0.1, 0.15) is 43.5 Å². The van der Waals surface area contributed by atoms with Crippen LogP contribution in [0.3, 0.4) is 0 Å². The van der Waals surface area contributed by atoms with Crippen molar-refractivity contribution < 1.29 is 23.4 Å². The Morgan fingerprint density at radius 2 is 1.76 bits per heavy atom. The molecule has 7 nitrogen and oxygen atoms in total. The standard InChI is InChI=1S/C32H29FN2O5S/c1-4-38-25-15-11-23(12-16-25)29-28(31(37)39-5-2)20(3)34-32-35(29)30(36)27(41-32)18-22-7-6-8-26(17-22)40-19-21-9-13-24(33)14-10-21/h6-18,29H,4-5,19H2,1-3H3/t29-/m1/s1. The highest BCUT2D eigenvalue weighted by molar-refractivity contribution is 7.07. The van der Waals surface area contributed by atoms with Crippen molar-refractivity contribution in [2.24, 2.45) is 4.99 Å². The summed E-state index contributed by atoms with van der Waals surface area (Å²) in [5.74, 6) is 0.506. The lowest BCUT2D eigenvalue weighted by molar-refractivity contribution is -0.139. The van der Waals surface area contributed by atoms with E-state index in [9.17, 15) is 14.0 Å². The number of allylic oxidation sites excluding steroid dienone is 1. The number of nitrogens with zero attached hydrogens (tertiary/aromatic N) is 2. The number of carbonyl (C=O) groups excluding carboxylic acids is 1. The largest absolute Gasteiger partial charge is 0.494 e. The SMILES string of the molecule is CCOC(=O)C1=C(C)N=c2sc(=Cc3cccc(OCc4ccc(F)cc4)c3)c(=O)n2[C@@H]1c1ccc(OCC)cc1. The van der Waals surface area contributed by atoms with Crippen LogP contribution in [0.15, 0.2) is 93.9 Å². The molecule has 0 radical (unpaired) electrons. The van der Waals surface area contributed by atoms with Crippen LogP contribution in [0, 0.1) is 5.82 Å². The first-order chi connectivity index (χ1) is 19.9. The molecule has 1 aliphatic heterocycles. The number of ether oxygens (including phenoxy) is 3. The fraction of sp³-hybridized carbons (Fsp3) is 0.219. The Kier molecular flexibility index (Phi) is 8.45. The molecule has 0 amide bonds. The molecule has 2 heterocycles. The zero-order valence-corrected chi connectivity index (χ0v) is 23.7. The maximum Gasteiger partial charge on any atom is 0.338 e. The van der Waals surface area contributed by atoms with Crippen LogP contribution in [0.25, 0.3) is 6.08 Å². The number of carbonyl (C=O) groups is 1. The first-order valence-corrected chi connectivity index (χ1v) is 14.1. The van der Waals surface area contributed by atoms with Gasteiger partial charge < -0.3 is 14.2 Å². The van der Waals surface area contributed by atoms with E-state index in [0.29, 0.717) is 38.7 Å². The van der Waals surface area contributed by atoms with E-state index in [1.165, 1.54) is 23.5 Å². The van der Waals surface area contributed by atoms with Gasteiger partial charge in [-0.1, -0.05) is 47.7 Å². The molecule has 9 heteroatoms. The maximum atomic E-state index is 13.8. The molecule has 0 N–H and O–H groups in total. The third kappa shape index (κ3) is 6.15. The summed E-state index contributed by atoms with van der Waals surface area (Å²) in [5, 5.41) is 0. The van der Waals surface area contributed by atoms with Gasteiger partial charge in [0.1, 0.15) is 23.9 Å². The number of hydrogen-bond donors (Lipinski definition) is 0. The van der Waals surface area contributed by atoms with E-state index in [0.717, 1.165) is 16.7 Å². The van der Waals surface area contributed by atoms with Crippen LogP contribution >= 0.6 is 11.3 Å². The number of rotatable bonds is 9. The Balaban J connectivity index is 1.53. The van der Waals surface area contributed by atoms with Crippen molar-refractivity contribution in [2.45, 2.75) is 33.4 Å². The third-order valence-electron chi connectivity index (χ3n) is 6.50. The molecule has 4 aromatic rings. The zero-order valence-electron chi connectivity index (χ0n) is 22.9. The Morgan fingerprint density at radius 1 is 1.00 bits per heavy atom. The van der Waals surface area contributed by atoms with E-state index in [1.807, 2.05) is 55.5 Å². The number of benzene rings is 3. The van der Waals surface area contributed by atoms with E-state index >= 15 is 0 Å². The summed E-state index contributed by atoms with van der Waals surface area (Å²) in [6, 6.07) is 20.2. The highest BCUT2D eigenvalue weighted by atomic mass is 32.1. The predicted molar refractivity (Wildman–Crippen MR) is 155 cm³/mol. The topological polar surface area (TPSA) is 79.1 Å². The van der Waals surface area contributed by atoms with Crippen LogP contribution in [0.4, 0.5) is 4.39 Å². The normalized spacial score (nSPS) is 14.8. The minimum absolute atomic E-state index is 0.204. The molecule has 0 saturated carbocycles. The Labute approximate surface area is 240 Å². The summed E-state index contributed by atoms with van der Waals surface area (Å²) >= 11 is 1.26. The number of hydrogen-bond acceptors (Lipinski definition) is 7. The summed E-state index contributed by atoms with van der Waals surface area (Å²) in [6.45, 7) is 6.42. The van der Waals surface area contributed by atoms with Gasteiger partial charge in [-0.3, -0.25) is 9.36 Å². The monoisotopic (exact) mass is 572 g/mol. The van der Waals surface area contributed by atoms with Gasteiger partial charge in [0.15, 0.2) is 4.80 Å². The summed E-state index contributed by atoms with van der Waals surface area (Å²) in [4.78, 5) is 32.1. The van der Waals surface area contributed by atoms with E-state index < -0.39 is 12.0 Å². The summed E-state index contributed by atoms with van der Waals surface area (Å²) in [5.41, 5.74) is 2.92. The van der Waals surface area contributed by atoms with Crippen molar-refractivity contribution in [2.75, 3.05) is 13.2 Å². The molecule has 0 unspecified atom stereocenters. The van der Waals surface area contributed by atoms with Gasteiger partial charge in [0.05, 0.1) is 35.1 Å². The molecular formula is C32H29FN2O5S. The van der Waals surface area contributed by atoms with Gasteiger partial charge in [0, 0.05) is 0 Å². The fourth-order valence-corrected chi connectivity index (χ4v) is 5.66. The van der Waals surface area contributed by atoms with Gasteiger partial charge in [0.25, 0.3) is 5.56 Å². The molecule has 0 fully saturated rings. The van der Waals surface area contributed by atoms with Crippen LogP contribution < -0.4 is 24.4 Å². The first kappa shape index (κ1) is 28.0. The van der Waals surface area contributed by atoms with Crippen molar-refractivity contribution in [3.63, 3.8) is 0 Å². The maximum absolute atomic E-state index is 13.8. The highest BCUT2D eigenvalue weighted by Crippen LogP contribution is 2.31. The smallest absolute Gasteiger partial charge is 0.338 e. The van der Waals surface area contributed by atoms with Crippen LogP contribution in [-0.4, -0.2) is 23.8 Å². The number of aromatic nitrogens is 1. The van der Waals surface area contributed by atoms with Gasteiger partial charge in [-0.25, -0.2) is 14.2 Å². The van der Waals surface area contributed by atoms with Crippen molar-refractivity contribution in [1.82, 2.24) is 4.57 Å². The lowest BCUT2D eigenvalue weighted by atomic mass is 9.96. The van der Waals surface area contributed by atoms with Crippen LogP contribution in [-0.2, 0) is 16.1 Å².